The van der Waals surface area contributed by atoms with E-state index in [1.165, 1.54) is 0 Å². The van der Waals surface area contributed by atoms with E-state index < -0.39 is 9.49 Å². The summed E-state index contributed by atoms with van der Waals surface area (Å²) in [4.78, 5) is 0. The fourth-order valence-electron chi connectivity index (χ4n) is 0.233. The molecule has 0 saturated carbocycles. The minimum atomic E-state index is -2.19. The third-order valence-electron chi connectivity index (χ3n) is 0.621. The quantitative estimate of drug-likeness (QED) is 0.700. The summed E-state index contributed by atoms with van der Waals surface area (Å²) in [6.07, 6.45) is 0.936. The molecular formula is C2H4Cl4P2S2. The van der Waals surface area contributed by atoms with E-state index >= 15 is 0 Å². The summed E-state index contributed by atoms with van der Waals surface area (Å²) in [7, 11) is 0. The van der Waals surface area contributed by atoms with Crippen molar-refractivity contribution in [3.63, 3.8) is 0 Å². The molecule has 0 fully saturated rings. The first-order valence-corrected chi connectivity index (χ1v) is 11.8. The molecule has 0 aliphatic carbocycles. The third kappa shape index (κ3) is 10.5. The Balaban J connectivity index is 3.79. The number of hydrogen-bond donors (Lipinski definition) is 0. The smallest absolute Gasteiger partial charge is 0.0683 e. The molecule has 0 spiro atoms. The number of halogens is 4. The van der Waals surface area contributed by atoms with Gasteiger partial charge in [0.2, 0.25) is 0 Å². The zero-order valence-electron chi connectivity index (χ0n) is 4.64. The second-order valence-corrected chi connectivity index (χ2v) is 18.9. The Bertz CT molecular complexity index is 169. The van der Waals surface area contributed by atoms with Crippen LogP contribution in [0.4, 0.5) is 0 Å². The summed E-state index contributed by atoms with van der Waals surface area (Å²) < 4.78 is -4.38. The molecule has 0 aliphatic rings. The van der Waals surface area contributed by atoms with Crippen LogP contribution in [-0.2, 0) is 23.6 Å². The maximum atomic E-state index is 5.58. The van der Waals surface area contributed by atoms with Crippen molar-refractivity contribution in [1.29, 1.82) is 0 Å². The highest BCUT2D eigenvalue weighted by molar-refractivity contribution is 8.41. The van der Waals surface area contributed by atoms with Gasteiger partial charge in [0.05, 0.1) is 0 Å². The maximum Gasteiger partial charge on any atom is 0.120 e. The average molecular weight is 296 g/mol. The van der Waals surface area contributed by atoms with Crippen LogP contribution in [0.5, 0.6) is 0 Å². The van der Waals surface area contributed by atoms with Gasteiger partial charge in [-0.15, -0.1) is 0 Å². The molecular weight excluding hydrogens is 292 g/mol. The first-order chi connectivity index (χ1) is 4.21. The average Bonchev–Trinajstić information content (AvgIpc) is 1.57. The van der Waals surface area contributed by atoms with E-state index in [1.54, 1.807) is 0 Å². The first-order valence-electron chi connectivity index (χ1n) is 2.17. The van der Waals surface area contributed by atoms with Crippen LogP contribution >= 0.6 is 54.4 Å². The van der Waals surface area contributed by atoms with Gasteiger partial charge in [0.25, 0.3) is 0 Å². The molecule has 0 aliphatic heterocycles. The Labute approximate surface area is 89.7 Å². The third-order valence-corrected chi connectivity index (χ3v) is 5.59. The van der Waals surface area contributed by atoms with Gasteiger partial charge in [-0.1, -0.05) is 68.6 Å². The van der Waals surface area contributed by atoms with Crippen molar-refractivity contribution in [3.8, 4) is 0 Å². The van der Waals surface area contributed by atoms with Crippen LogP contribution in [-0.4, -0.2) is 12.3 Å². The van der Waals surface area contributed by atoms with Gasteiger partial charge in [-0.05, 0) is 0 Å². The lowest BCUT2D eigenvalue weighted by Gasteiger charge is -2.06. The molecule has 0 N–H and O–H groups in total. The van der Waals surface area contributed by atoms with Crippen molar-refractivity contribution in [2.45, 2.75) is 0 Å². The lowest BCUT2D eigenvalue weighted by atomic mass is 11.0. The molecule has 0 aromatic heterocycles. The lowest BCUT2D eigenvalue weighted by molar-refractivity contribution is 1.55. The fraction of sp³-hybridized carbons (Fsp3) is 1.00. The summed E-state index contributed by atoms with van der Waals surface area (Å²) in [6, 6.07) is 0. The van der Waals surface area contributed by atoms with Crippen molar-refractivity contribution in [2.75, 3.05) is 12.3 Å². The molecule has 0 rings (SSSR count). The Morgan fingerprint density at radius 2 is 1.00 bits per heavy atom. The van der Waals surface area contributed by atoms with Crippen LogP contribution in [0, 0.1) is 0 Å². The standard InChI is InChI=1S/C2H4Cl4P2S2/c3-7(4,9)1-2-8(5,6)10/h1-2H2. The van der Waals surface area contributed by atoms with E-state index in [0.29, 0.717) is 12.3 Å². The largest absolute Gasteiger partial charge is 0.120 e. The molecule has 0 atom stereocenters. The van der Waals surface area contributed by atoms with E-state index in [-0.39, 0.29) is 0 Å². The summed E-state index contributed by atoms with van der Waals surface area (Å²) >= 11 is 31.8. The van der Waals surface area contributed by atoms with Crippen molar-refractivity contribution < 1.29 is 0 Å². The highest BCUT2D eigenvalue weighted by atomic mass is 35.9. The molecule has 0 heterocycles. The lowest BCUT2D eigenvalue weighted by Crippen LogP contribution is -1.82. The van der Waals surface area contributed by atoms with Crippen LogP contribution in [0.3, 0.4) is 0 Å². The molecule has 62 valence electrons. The Morgan fingerprint density at radius 1 is 0.800 bits per heavy atom. The molecule has 8 heteroatoms. The Morgan fingerprint density at radius 3 is 1.10 bits per heavy atom. The van der Waals surface area contributed by atoms with Gasteiger partial charge in [-0.25, -0.2) is 0 Å². The van der Waals surface area contributed by atoms with E-state index in [1.807, 2.05) is 0 Å². The first kappa shape index (κ1) is 12.5. The van der Waals surface area contributed by atoms with Gasteiger partial charge in [0, 0.05) is 12.3 Å². The molecule has 0 amide bonds. The minimum Gasteiger partial charge on any atom is -0.0683 e. The normalized spacial score (nSPS) is 13.6. The minimum absolute atomic E-state index is 0.468. The topological polar surface area (TPSA) is 0 Å². The van der Waals surface area contributed by atoms with Crippen LogP contribution < -0.4 is 0 Å². The summed E-state index contributed by atoms with van der Waals surface area (Å²) in [5.41, 5.74) is 0. The molecule has 0 saturated heterocycles. The number of rotatable bonds is 3. The second-order valence-electron chi connectivity index (χ2n) is 1.59. The molecule has 0 nitrogen and oxygen atoms in total. The van der Waals surface area contributed by atoms with E-state index in [9.17, 15) is 0 Å². The Kier molecular flexibility index (Phi) is 5.77. The Hall–Kier alpha value is 2.46. The van der Waals surface area contributed by atoms with Crippen LogP contribution in [0.15, 0.2) is 0 Å². The van der Waals surface area contributed by atoms with Gasteiger partial charge in [-0.2, -0.15) is 0 Å². The van der Waals surface area contributed by atoms with Crippen LogP contribution in [0.2, 0.25) is 0 Å². The highest BCUT2D eigenvalue weighted by Crippen LogP contribution is 2.63. The van der Waals surface area contributed by atoms with E-state index in [4.69, 9.17) is 68.6 Å². The van der Waals surface area contributed by atoms with Crippen molar-refractivity contribution in [3.05, 3.63) is 0 Å². The van der Waals surface area contributed by atoms with Crippen molar-refractivity contribution in [1.82, 2.24) is 0 Å². The zero-order valence-corrected chi connectivity index (χ0v) is 11.1. The van der Waals surface area contributed by atoms with Crippen molar-refractivity contribution in [2.24, 2.45) is 0 Å². The van der Waals surface area contributed by atoms with E-state index in [2.05, 4.69) is 0 Å². The molecule has 0 bridgehead atoms. The van der Waals surface area contributed by atoms with Gasteiger partial charge < -0.3 is 0 Å². The summed E-state index contributed by atoms with van der Waals surface area (Å²) in [6.45, 7) is 0. The SMILES string of the molecule is S=P(Cl)(Cl)CCP(=S)(Cl)Cl. The van der Waals surface area contributed by atoms with Gasteiger partial charge in [-0.3, -0.25) is 0 Å². The van der Waals surface area contributed by atoms with Crippen molar-refractivity contribution >= 4 is 78.1 Å². The molecule has 10 heavy (non-hydrogen) atoms. The summed E-state index contributed by atoms with van der Waals surface area (Å²) in [5, 5.41) is 0. The predicted molar refractivity (Wildman–Crippen MR) is 61.7 cm³/mol. The molecule has 0 aromatic carbocycles. The fourth-order valence-corrected chi connectivity index (χ4v) is 6.29. The molecule has 0 unspecified atom stereocenters. The van der Waals surface area contributed by atoms with Crippen LogP contribution in [0.1, 0.15) is 0 Å². The van der Waals surface area contributed by atoms with Gasteiger partial charge in [0.15, 0.2) is 0 Å². The van der Waals surface area contributed by atoms with Crippen LogP contribution in [0.25, 0.3) is 0 Å². The van der Waals surface area contributed by atoms with Gasteiger partial charge >= 0.3 is 0 Å². The zero-order chi connectivity index (χ0) is 8.41. The van der Waals surface area contributed by atoms with E-state index in [0.717, 1.165) is 0 Å². The highest BCUT2D eigenvalue weighted by Gasteiger charge is 2.14. The monoisotopic (exact) mass is 294 g/mol. The maximum absolute atomic E-state index is 5.58. The second kappa shape index (κ2) is 4.63. The summed E-state index contributed by atoms with van der Waals surface area (Å²) in [5.74, 6) is 0. The molecule has 0 aromatic rings. The predicted octanol–water partition coefficient (Wildman–Crippen LogP) is 4.56. The number of hydrogen-bond acceptors (Lipinski definition) is 2. The molecule has 0 radical (unpaired) electrons. The van der Waals surface area contributed by atoms with Gasteiger partial charge in [0.1, 0.15) is 9.49 Å².